The number of hydrogen-bond acceptors (Lipinski definition) is 1. The predicted octanol–water partition coefficient (Wildman–Crippen LogP) is 3.34. The molecule has 0 radical (unpaired) electrons. The number of thiol groups is 1. The molecule has 0 bridgehead atoms. The van der Waals surface area contributed by atoms with E-state index in [9.17, 15) is 0 Å². The van der Waals surface area contributed by atoms with Crippen LogP contribution in [0.1, 0.15) is 0 Å². The average molecular weight is 315 g/mol. The highest BCUT2D eigenvalue weighted by molar-refractivity contribution is 14.1. The third kappa shape index (κ3) is 2.13. The molecule has 0 fully saturated rings. The maximum absolute atomic E-state index is 4.18. The first-order valence-electron chi connectivity index (χ1n) is 2.34. The predicted molar refractivity (Wildman–Crippen MR) is 54.1 cm³/mol. The Kier molecular flexibility index (Phi) is 2.85. The highest BCUT2D eigenvalue weighted by Gasteiger charge is 1.93. The maximum atomic E-state index is 4.18. The zero-order chi connectivity index (χ0) is 6.85. The van der Waals surface area contributed by atoms with Crippen LogP contribution in [0.25, 0.3) is 0 Å². The summed E-state index contributed by atoms with van der Waals surface area (Å²) in [6, 6.07) is 5.95. The standard InChI is InChI=1S/C6H4BrIS/c7-5-2-1-4(9)3-6(5)8/h1-3,9H. The normalized spacial score (nSPS) is 9.67. The molecule has 0 spiro atoms. The molecule has 0 saturated carbocycles. The summed E-state index contributed by atoms with van der Waals surface area (Å²) in [5.74, 6) is 0. The summed E-state index contributed by atoms with van der Waals surface area (Å²) in [5.41, 5.74) is 0. The Morgan fingerprint density at radius 1 is 1.44 bits per heavy atom. The Morgan fingerprint density at radius 3 is 2.56 bits per heavy atom. The lowest BCUT2D eigenvalue weighted by Crippen LogP contribution is -1.72. The molecule has 1 rings (SSSR count). The molecule has 0 nitrogen and oxygen atoms in total. The van der Waals surface area contributed by atoms with Crippen molar-refractivity contribution < 1.29 is 0 Å². The zero-order valence-electron chi connectivity index (χ0n) is 4.44. The van der Waals surface area contributed by atoms with Gasteiger partial charge in [-0.15, -0.1) is 12.6 Å². The highest BCUT2D eigenvalue weighted by atomic mass is 127. The molecule has 0 aromatic heterocycles. The van der Waals surface area contributed by atoms with Crippen molar-refractivity contribution >= 4 is 51.1 Å². The number of halogens is 2. The van der Waals surface area contributed by atoms with Crippen molar-refractivity contribution in [3.8, 4) is 0 Å². The van der Waals surface area contributed by atoms with Gasteiger partial charge in [-0.2, -0.15) is 0 Å². The first-order valence-corrected chi connectivity index (χ1v) is 4.66. The molecule has 3 heteroatoms. The first-order chi connectivity index (χ1) is 4.20. The van der Waals surface area contributed by atoms with Gasteiger partial charge in [0.2, 0.25) is 0 Å². The zero-order valence-corrected chi connectivity index (χ0v) is 9.07. The molecule has 48 valence electrons. The van der Waals surface area contributed by atoms with E-state index in [1.54, 1.807) is 0 Å². The van der Waals surface area contributed by atoms with Gasteiger partial charge in [-0.05, 0) is 56.7 Å². The van der Waals surface area contributed by atoms with Crippen molar-refractivity contribution in [3.05, 3.63) is 26.2 Å². The minimum Gasteiger partial charge on any atom is -0.143 e. The van der Waals surface area contributed by atoms with Gasteiger partial charge in [-0.1, -0.05) is 0 Å². The first kappa shape index (κ1) is 7.88. The quantitative estimate of drug-likeness (QED) is 0.551. The van der Waals surface area contributed by atoms with Crippen LogP contribution in [-0.2, 0) is 0 Å². The van der Waals surface area contributed by atoms with Crippen molar-refractivity contribution in [2.75, 3.05) is 0 Å². The topological polar surface area (TPSA) is 0 Å². The average Bonchev–Trinajstić information content (AvgIpc) is 1.80. The molecule has 0 unspecified atom stereocenters. The molecular weight excluding hydrogens is 311 g/mol. The molecule has 0 aliphatic heterocycles. The summed E-state index contributed by atoms with van der Waals surface area (Å²) >= 11 is 9.82. The van der Waals surface area contributed by atoms with Crippen LogP contribution in [0.5, 0.6) is 0 Å². The second kappa shape index (κ2) is 3.25. The van der Waals surface area contributed by atoms with Crippen molar-refractivity contribution in [1.29, 1.82) is 0 Å². The van der Waals surface area contributed by atoms with Gasteiger partial charge >= 0.3 is 0 Å². The Bertz CT molecular complexity index is 224. The summed E-state index contributed by atoms with van der Waals surface area (Å²) in [6.45, 7) is 0. The van der Waals surface area contributed by atoms with Crippen molar-refractivity contribution in [2.24, 2.45) is 0 Å². The van der Waals surface area contributed by atoms with E-state index in [0.29, 0.717) is 0 Å². The van der Waals surface area contributed by atoms with E-state index in [-0.39, 0.29) is 0 Å². The fourth-order valence-electron chi connectivity index (χ4n) is 0.485. The lowest BCUT2D eigenvalue weighted by molar-refractivity contribution is 1.42. The molecule has 0 aliphatic carbocycles. The highest BCUT2D eigenvalue weighted by Crippen LogP contribution is 2.21. The smallest absolute Gasteiger partial charge is 0.0309 e. The number of rotatable bonds is 0. The van der Waals surface area contributed by atoms with Gasteiger partial charge in [0.15, 0.2) is 0 Å². The molecule has 0 heterocycles. The van der Waals surface area contributed by atoms with E-state index >= 15 is 0 Å². The summed E-state index contributed by atoms with van der Waals surface area (Å²) in [4.78, 5) is 1.00. The van der Waals surface area contributed by atoms with Crippen LogP contribution in [0.2, 0.25) is 0 Å². The fraction of sp³-hybridized carbons (Fsp3) is 0. The number of benzene rings is 1. The van der Waals surface area contributed by atoms with Gasteiger partial charge in [0.1, 0.15) is 0 Å². The maximum Gasteiger partial charge on any atom is 0.0309 e. The Morgan fingerprint density at radius 2 is 2.11 bits per heavy atom. The van der Waals surface area contributed by atoms with E-state index in [4.69, 9.17) is 0 Å². The Hall–Kier alpha value is 0.780. The van der Waals surface area contributed by atoms with Crippen LogP contribution < -0.4 is 0 Å². The fourth-order valence-corrected chi connectivity index (χ4v) is 1.70. The van der Waals surface area contributed by atoms with Gasteiger partial charge < -0.3 is 0 Å². The SMILES string of the molecule is Sc1ccc(Br)c(I)c1. The van der Waals surface area contributed by atoms with Gasteiger partial charge in [0.25, 0.3) is 0 Å². The summed E-state index contributed by atoms with van der Waals surface area (Å²) in [6.07, 6.45) is 0. The largest absolute Gasteiger partial charge is 0.143 e. The monoisotopic (exact) mass is 314 g/mol. The van der Waals surface area contributed by atoms with E-state index in [1.807, 2.05) is 18.2 Å². The lowest BCUT2D eigenvalue weighted by Gasteiger charge is -1.94. The Balaban J connectivity index is 3.17. The van der Waals surface area contributed by atoms with Crippen LogP contribution >= 0.6 is 51.1 Å². The Labute approximate surface area is 81.7 Å². The van der Waals surface area contributed by atoms with E-state index < -0.39 is 0 Å². The summed E-state index contributed by atoms with van der Waals surface area (Å²) in [5, 5.41) is 0. The molecular formula is C6H4BrIS. The van der Waals surface area contributed by atoms with Gasteiger partial charge in [-0.25, -0.2) is 0 Å². The minimum atomic E-state index is 1.00. The minimum absolute atomic E-state index is 1.00. The second-order valence-electron chi connectivity index (χ2n) is 1.60. The van der Waals surface area contributed by atoms with Crippen LogP contribution in [-0.4, -0.2) is 0 Å². The molecule has 1 aromatic carbocycles. The van der Waals surface area contributed by atoms with Crippen molar-refractivity contribution in [1.82, 2.24) is 0 Å². The van der Waals surface area contributed by atoms with E-state index in [1.165, 1.54) is 3.57 Å². The molecule has 0 atom stereocenters. The van der Waals surface area contributed by atoms with Gasteiger partial charge in [0.05, 0.1) is 0 Å². The lowest BCUT2D eigenvalue weighted by atomic mass is 10.4. The van der Waals surface area contributed by atoms with Crippen LogP contribution in [0.4, 0.5) is 0 Å². The van der Waals surface area contributed by atoms with Crippen LogP contribution in [0.15, 0.2) is 27.6 Å². The van der Waals surface area contributed by atoms with E-state index in [0.717, 1.165) is 9.37 Å². The third-order valence-corrected chi connectivity index (χ3v) is 3.51. The third-order valence-electron chi connectivity index (χ3n) is 0.903. The molecule has 0 aliphatic rings. The second-order valence-corrected chi connectivity index (χ2v) is 4.13. The van der Waals surface area contributed by atoms with Crippen LogP contribution in [0.3, 0.4) is 0 Å². The van der Waals surface area contributed by atoms with Crippen molar-refractivity contribution in [2.45, 2.75) is 4.90 Å². The molecule has 9 heavy (non-hydrogen) atoms. The van der Waals surface area contributed by atoms with Crippen molar-refractivity contribution in [3.63, 3.8) is 0 Å². The van der Waals surface area contributed by atoms with E-state index in [2.05, 4.69) is 51.1 Å². The van der Waals surface area contributed by atoms with Gasteiger partial charge in [-0.3, -0.25) is 0 Å². The molecule has 0 N–H and O–H groups in total. The number of hydrogen-bond donors (Lipinski definition) is 1. The summed E-state index contributed by atoms with van der Waals surface area (Å²) < 4.78 is 2.32. The van der Waals surface area contributed by atoms with Gasteiger partial charge in [0, 0.05) is 12.9 Å². The van der Waals surface area contributed by atoms with Crippen LogP contribution in [0, 0.1) is 3.57 Å². The molecule has 0 amide bonds. The molecule has 0 saturated heterocycles. The summed E-state index contributed by atoms with van der Waals surface area (Å²) in [7, 11) is 0. The molecule has 1 aromatic rings.